The number of aliphatic hydroxyl groups excluding tert-OH is 1. The van der Waals surface area contributed by atoms with Gasteiger partial charge in [0.25, 0.3) is 0 Å². The molecule has 0 saturated heterocycles. The molecule has 2 rings (SSSR count). The summed E-state index contributed by atoms with van der Waals surface area (Å²) in [7, 11) is 0. The number of aliphatic hydroxyl groups is 1. The first kappa shape index (κ1) is 13.1. The summed E-state index contributed by atoms with van der Waals surface area (Å²) in [4.78, 5) is 0. The molecule has 4 heteroatoms. The first-order chi connectivity index (χ1) is 8.04. The SMILES string of the molecule is CCn1nc(C)c(Br)c1CC1CCC(O)C1C. The Morgan fingerprint density at radius 3 is 2.71 bits per heavy atom. The summed E-state index contributed by atoms with van der Waals surface area (Å²) >= 11 is 3.64. The van der Waals surface area contributed by atoms with E-state index >= 15 is 0 Å². The van der Waals surface area contributed by atoms with E-state index < -0.39 is 0 Å². The average molecular weight is 301 g/mol. The van der Waals surface area contributed by atoms with Crippen LogP contribution in [0.2, 0.25) is 0 Å². The largest absolute Gasteiger partial charge is 0.393 e. The Balaban J connectivity index is 2.18. The predicted molar refractivity (Wildman–Crippen MR) is 71.9 cm³/mol. The molecule has 0 spiro atoms. The Bertz CT molecular complexity index is 402. The zero-order chi connectivity index (χ0) is 12.6. The van der Waals surface area contributed by atoms with Crippen molar-refractivity contribution in [3.63, 3.8) is 0 Å². The topological polar surface area (TPSA) is 38.0 Å². The monoisotopic (exact) mass is 300 g/mol. The molecule has 3 unspecified atom stereocenters. The van der Waals surface area contributed by atoms with Crippen LogP contribution in [0.3, 0.4) is 0 Å². The van der Waals surface area contributed by atoms with Crippen molar-refractivity contribution >= 4 is 15.9 Å². The zero-order valence-corrected chi connectivity index (χ0v) is 12.4. The summed E-state index contributed by atoms with van der Waals surface area (Å²) in [6.07, 6.45) is 2.98. The van der Waals surface area contributed by atoms with Gasteiger partial charge in [-0.2, -0.15) is 5.10 Å². The van der Waals surface area contributed by atoms with Crippen molar-refractivity contribution in [1.29, 1.82) is 0 Å². The van der Waals surface area contributed by atoms with Crippen LogP contribution < -0.4 is 0 Å². The Kier molecular flexibility index (Phi) is 3.93. The highest BCUT2D eigenvalue weighted by atomic mass is 79.9. The van der Waals surface area contributed by atoms with Gasteiger partial charge in [-0.15, -0.1) is 0 Å². The summed E-state index contributed by atoms with van der Waals surface area (Å²) in [5, 5.41) is 14.3. The standard InChI is InChI=1S/C13H21BrN2O/c1-4-16-11(13(14)9(3)15-16)7-10-5-6-12(17)8(10)2/h8,10,12,17H,4-7H2,1-3H3. The summed E-state index contributed by atoms with van der Waals surface area (Å²) in [5.41, 5.74) is 2.35. The van der Waals surface area contributed by atoms with Crippen LogP contribution in [0.4, 0.5) is 0 Å². The number of aromatic nitrogens is 2. The molecule has 1 saturated carbocycles. The third-order valence-corrected chi connectivity index (χ3v) is 5.12. The summed E-state index contributed by atoms with van der Waals surface area (Å²) < 4.78 is 3.23. The number of hydrogen-bond acceptors (Lipinski definition) is 2. The van der Waals surface area contributed by atoms with Crippen molar-refractivity contribution in [3.8, 4) is 0 Å². The summed E-state index contributed by atoms with van der Waals surface area (Å²) in [6, 6.07) is 0. The van der Waals surface area contributed by atoms with E-state index in [0.29, 0.717) is 11.8 Å². The minimum absolute atomic E-state index is 0.113. The lowest BCUT2D eigenvalue weighted by molar-refractivity contribution is 0.127. The van der Waals surface area contributed by atoms with Gasteiger partial charge in [0, 0.05) is 6.54 Å². The molecule has 0 aliphatic heterocycles. The van der Waals surface area contributed by atoms with E-state index in [-0.39, 0.29) is 6.10 Å². The summed E-state index contributed by atoms with van der Waals surface area (Å²) in [5.74, 6) is 0.991. The van der Waals surface area contributed by atoms with Gasteiger partial charge in [-0.05, 0) is 60.9 Å². The van der Waals surface area contributed by atoms with Gasteiger partial charge in [-0.1, -0.05) is 6.92 Å². The maximum absolute atomic E-state index is 9.81. The zero-order valence-electron chi connectivity index (χ0n) is 10.8. The Morgan fingerprint density at radius 1 is 1.47 bits per heavy atom. The molecule has 1 aromatic rings. The molecular formula is C13H21BrN2O. The van der Waals surface area contributed by atoms with Gasteiger partial charge in [0.2, 0.25) is 0 Å². The predicted octanol–water partition coefficient (Wildman–Crippen LogP) is 2.92. The molecule has 1 aliphatic carbocycles. The third kappa shape index (κ3) is 2.43. The number of nitrogens with zero attached hydrogens (tertiary/aromatic N) is 2. The fourth-order valence-corrected chi connectivity index (χ4v) is 3.27. The molecule has 3 nitrogen and oxygen atoms in total. The fraction of sp³-hybridized carbons (Fsp3) is 0.769. The van der Waals surface area contributed by atoms with Crippen LogP contribution in [0.15, 0.2) is 4.47 Å². The Morgan fingerprint density at radius 2 is 2.18 bits per heavy atom. The van der Waals surface area contributed by atoms with Gasteiger partial charge in [-0.3, -0.25) is 4.68 Å². The molecule has 3 atom stereocenters. The number of aryl methyl sites for hydroxylation is 2. The van der Waals surface area contributed by atoms with Crippen LogP contribution in [0.1, 0.15) is 38.1 Å². The third-order valence-electron chi connectivity index (χ3n) is 4.09. The van der Waals surface area contributed by atoms with E-state index in [4.69, 9.17) is 0 Å². The van der Waals surface area contributed by atoms with Crippen LogP contribution in [-0.4, -0.2) is 21.0 Å². The highest BCUT2D eigenvalue weighted by Gasteiger charge is 2.32. The lowest BCUT2D eigenvalue weighted by atomic mass is 9.92. The number of hydrogen-bond donors (Lipinski definition) is 1. The van der Waals surface area contributed by atoms with Crippen LogP contribution >= 0.6 is 15.9 Å². The van der Waals surface area contributed by atoms with E-state index in [2.05, 4.69) is 39.6 Å². The molecule has 1 aromatic heterocycles. The normalized spacial score (nSPS) is 28.9. The van der Waals surface area contributed by atoms with Crippen molar-refractivity contribution in [2.24, 2.45) is 11.8 Å². The second-order valence-electron chi connectivity index (χ2n) is 5.13. The maximum atomic E-state index is 9.81. The maximum Gasteiger partial charge on any atom is 0.0738 e. The van der Waals surface area contributed by atoms with Gasteiger partial charge in [0.1, 0.15) is 0 Å². The van der Waals surface area contributed by atoms with Crippen LogP contribution in [0, 0.1) is 18.8 Å². The number of rotatable bonds is 3. The molecule has 1 heterocycles. The molecular weight excluding hydrogens is 280 g/mol. The molecule has 1 aliphatic rings. The smallest absolute Gasteiger partial charge is 0.0738 e. The second kappa shape index (κ2) is 5.11. The van der Waals surface area contributed by atoms with Crippen molar-refractivity contribution < 1.29 is 5.11 Å². The lowest BCUT2D eigenvalue weighted by Gasteiger charge is -2.18. The molecule has 0 bridgehead atoms. The minimum Gasteiger partial charge on any atom is -0.393 e. The summed E-state index contributed by atoms with van der Waals surface area (Å²) in [6.45, 7) is 7.23. The molecule has 0 aromatic carbocycles. The van der Waals surface area contributed by atoms with Gasteiger partial charge < -0.3 is 5.11 Å². The second-order valence-corrected chi connectivity index (χ2v) is 5.92. The lowest BCUT2D eigenvalue weighted by Crippen LogP contribution is -2.18. The van der Waals surface area contributed by atoms with Gasteiger partial charge in [0.05, 0.1) is 22.0 Å². The molecule has 96 valence electrons. The molecule has 1 fully saturated rings. The van der Waals surface area contributed by atoms with E-state index in [0.717, 1.165) is 36.0 Å². The van der Waals surface area contributed by atoms with Crippen molar-refractivity contribution in [2.45, 2.75) is 52.7 Å². The first-order valence-corrected chi connectivity index (χ1v) is 7.23. The number of halogens is 1. The van der Waals surface area contributed by atoms with Gasteiger partial charge in [0.15, 0.2) is 0 Å². The van der Waals surface area contributed by atoms with Crippen molar-refractivity contribution in [1.82, 2.24) is 9.78 Å². The first-order valence-electron chi connectivity index (χ1n) is 6.44. The minimum atomic E-state index is -0.113. The van der Waals surface area contributed by atoms with E-state index in [9.17, 15) is 5.11 Å². The van der Waals surface area contributed by atoms with Gasteiger partial charge in [-0.25, -0.2) is 0 Å². The Labute approximate surface area is 111 Å². The van der Waals surface area contributed by atoms with E-state index in [1.165, 1.54) is 5.69 Å². The average Bonchev–Trinajstić information content (AvgIpc) is 2.76. The molecule has 1 N–H and O–H groups in total. The molecule has 17 heavy (non-hydrogen) atoms. The van der Waals surface area contributed by atoms with Crippen molar-refractivity contribution in [3.05, 3.63) is 15.9 Å². The van der Waals surface area contributed by atoms with Crippen LogP contribution in [-0.2, 0) is 13.0 Å². The van der Waals surface area contributed by atoms with E-state index in [1.54, 1.807) is 0 Å². The quantitative estimate of drug-likeness (QED) is 0.932. The Hall–Kier alpha value is -0.350. The van der Waals surface area contributed by atoms with Gasteiger partial charge >= 0.3 is 0 Å². The van der Waals surface area contributed by atoms with E-state index in [1.807, 2.05) is 6.92 Å². The molecule has 0 radical (unpaired) electrons. The highest BCUT2D eigenvalue weighted by Crippen LogP contribution is 2.36. The fourth-order valence-electron chi connectivity index (χ4n) is 2.83. The van der Waals surface area contributed by atoms with Crippen LogP contribution in [0.25, 0.3) is 0 Å². The molecule has 0 amide bonds. The van der Waals surface area contributed by atoms with Crippen LogP contribution in [0.5, 0.6) is 0 Å². The highest BCUT2D eigenvalue weighted by molar-refractivity contribution is 9.10. The van der Waals surface area contributed by atoms with Crippen molar-refractivity contribution in [2.75, 3.05) is 0 Å².